The van der Waals surface area contributed by atoms with Gasteiger partial charge in [0.05, 0.1) is 12.2 Å². The van der Waals surface area contributed by atoms with Crippen LogP contribution in [0.3, 0.4) is 0 Å². The molecule has 0 aromatic heterocycles. The van der Waals surface area contributed by atoms with Crippen LogP contribution in [-0.4, -0.2) is 43.8 Å². The number of carbonyl (C=O) groups is 1. The zero-order valence-corrected chi connectivity index (χ0v) is 18.0. The van der Waals surface area contributed by atoms with Crippen molar-refractivity contribution < 1.29 is 23.7 Å². The Labute approximate surface area is 175 Å². The van der Waals surface area contributed by atoms with Crippen molar-refractivity contribution in [2.24, 2.45) is 5.92 Å². The average molecular weight is 407 g/mol. The Hall–Kier alpha value is -1.01. The standard InChI is InChI=1S/C24H38O5/c1-3-4-5-10-19(28-23-11-6-8-15-26-23)13-14-20-18(2)21(25)17-22(20)29-24-12-7-9-16-27-24/h13-14,19-20,22-24H,2-12,15-17H2,1H3/t19?,20-,22-,23?,24?/m0/s1. The fourth-order valence-electron chi connectivity index (χ4n) is 4.30. The molecule has 2 saturated heterocycles. The molecule has 29 heavy (non-hydrogen) atoms. The quantitative estimate of drug-likeness (QED) is 0.287. The van der Waals surface area contributed by atoms with E-state index in [0.717, 1.165) is 64.6 Å². The molecule has 5 nitrogen and oxygen atoms in total. The number of rotatable bonds is 10. The Bertz CT molecular complexity index is 545. The molecule has 1 saturated carbocycles. The monoisotopic (exact) mass is 406 g/mol. The molecule has 5 heteroatoms. The fraction of sp³-hybridized carbons (Fsp3) is 0.792. The molecule has 1 aliphatic carbocycles. The molecule has 0 aromatic rings. The molecule has 0 aromatic carbocycles. The van der Waals surface area contributed by atoms with Crippen molar-refractivity contribution in [3.8, 4) is 0 Å². The van der Waals surface area contributed by atoms with Crippen molar-refractivity contribution in [1.82, 2.24) is 0 Å². The smallest absolute Gasteiger partial charge is 0.161 e. The highest BCUT2D eigenvalue weighted by Gasteiger charge is 2.37. The third-order valence-electron chi connectivity index (χ3n) is 6.10. The first kappa shape index (κ1) is 22.7. The van der Waals surface area contributed by atoms with Crippen molar-refractivity contribution in [3.63, 3.8) is 0 Å². The summed E-state index contributed by atoms with van der Waals surface area (Å²) < 4.78 is 23.9. The van der Waals surface area contributed by atoms with Gasteiger partial charge in [0.1, 0.15) is 0 Å². The molecule has 3 unspecified atom stereocenters. The maximum atomic E-state index is 12.3. The molecule has 0 spiro atoms. The lowest BCUT2D eigenvalue weighted by Crippen LogP contribution is -2.30. The Kier molecular flexibility index (Phi) is 9.37. The van der Waals surface area contributed by atoms with Gasteiger partial charge in [-0.2, -0.15) is 0 Å². The number of carbonyl (C=O) groups excluding carboxylic acids is 1. The lowest BCUT2D eigenvalue weighted by molar-refractivity contribution is -0.190. The zero-order chi connectivity index (χ0) is 20.5. The van der Waals surface area contributed by atoms with E-state index in [-0.39, 0.29) is 36.5 Å². The molecule has 3 aliphatic rings. The average Bonchev–Trinajstić information content (AvgIpc) is 3.00. The summed E-state index contributed by atoms with van der Waals surface area (Å²) in [5.74, 6) is -0.00268. The normalized spacial score (nSPS) is 32.2. The van der Waals surface area contributed by atoms with Crippen LogP contribution in [0.25, 0.3) is 0 Å². The van der Waals surface area contributed by atoms with E-state index in [1.165, 1.54) is 12.8 Å². The Morgan fingerprint density at radius 1 is 1.10 bits per heavy atom. The Morgan fingerprint density at radius 3 is 2.48 bits per heavy atom. The van der Waals surface area contributed by atoms with Crippen LogP contribution in [0.5, 0.6) is 0 Å². The van der Waals surface area contributed by atoms with Gasteiger partial charge in [0.2, 0.25) is 0 Å². The summed E-state index contributed by atoms with van der Waals surface area (Å²) in [5, 5.41) is 0. The maximum Gasteiger partial charge on any atom is 0.161 e. The second-order valence-electron chi connectivity index (χ2n) is 8.50. The second-order valence-corrected chi connectivity index (χ2v) is 8.50. The Morgan fingerprint density at radius 2 is 1.83 bits per heavy atom. The van der Waals surface area contributed by atoms with E-state index in [1.54, 1.807) is 0 Å². The minimum atomic E-state index is -0.199. The van der Waals surface area contributed by atoms with Crippen LogP contribution in [0.4, 0.5) is 0 Å². The van der Waals surface area contributed by atoms with Gasteiger partial charge in [0.15, 0.2) is 18.4 Å². The molecule has 5 atom stereocenters. The van der Waals surface area contributed by atoms with Gasteiger partial charge >= 0.3 is 0 Å². The van der Waals surface area contributed by atoms with E-state index < -0.39 is 0 Å². The van der Waals surface area contributed by atoms with Crippen LogP contribution in [0.2, 0.25) is 0 Å². The van der Waals surface area contributed by atoms with E-state index in [1.807, 2.05) is 0 Å². The third-order valence-corrected chi connectivity index (χ3v) is 6.10. The number of hydrogen-bond acceptors (Lipinski definition) is 5. The minimum Gasteiger partial charge on any atom is -0.353 e. The molecular weight excluding hydrogens is 368 g/mol. The maximum absolute atomic E-state index is 12.3. The van der Waals surface area contributed by atoms with E-state index >= 15 is 0 Å². The molecular formula is C24H38O5. The summed E-state index contributed by atoms with van der Waals surface area (Å²) >= 11 is 0. The topological polar surface area (TPSA) is 54.0 Å². The zero-order valence-electron chi connectivity index (χ0n) is 18.0. The van der Waals surface area contributed by atoms with E-state index in [0.29, 0.717) is 12.0 Å². The summed E-state index contributed by atoms with van der Waals surface area (Å²) in [5.41, 5.74) is 0.642. The molecule has 3 rings (SSSR count). The highest BCUT2D eigenvalue weighted by molar-refractivity contribution is 5.98. The largest absolute Gasteiger partial charge is 0.353 e. The predicted molar refractivity (Wildman–Crippen MR) is 112 cm³/mol. The molecule has 0 N–H and O–H groups in total. The van der Waals surface area contributed by atoms with Gasteiger partial charge in [-0.3, -0.25) is 4.79 Å². The van der Waals surface area contributed by atoms with Gasteiger partial charge in [0.25, 0.3) is 0 Å². The highest BCUT2D eigenvalue weighted by atomic mass is 16.7. The van der Waals surface area contributed by atoms with Crippen LogP contribution in [-0.2, 0) is 23.7 Å². The van der Waals surface area contributed by atoms with Crippen LogP contribution in [0.1, 0.15) is 77.6 Å². The molecule has 164 valence electrons. The van der Waals surface area contributed by atoms with Gasteiger partial charge in [-0.25, -0.2) is 0 Å². The number of ether oxygens (including phenoxy) is 4. The Balaban J connectivity index is 1.61. The third kappa shape index (κ3) is 7.02. The highest BCUT2D eigenvalue weighted by Crippen LogP contribution is 2.33. The van der Waals surface area contributed by atoms with E-state index in [2.05, 4.69) is 25.7 Å². The van der Waals surface area contributed by atoms with Gasteiger partial charge in [-0.15, -0.1) is 0 Å². The lowest BCUT2D eigenvalue weighted by atomic mass is 9.99. The van der Waals surface area contributed by atoms with Crippen LogP contribution >= 0.6 is 0 Å². The van der Waals surface area contributed by atoms with Crippen LogP contribution in [0, 0.1) is 5.92 Å². The number of ketones is 1. The summed E-state index contributed by atoms with van der Waals surface area (Å²) in [6.07, 6.45) is 14.9. The summed E-state index contributed by atoms with van der Waals surface area (Å²) in [7, 11) is 0. The lowest BCUT2D eigenvalue weighted by Gasteiger charge is -2.28. The molecule has 0 amide bonds. The summed E-state index contributed by atoms with van der Waals surface area (Å²) in [6, 6.07) is 0. The van der Waals surface area contributed by atoms with Crippen molar-refractivity contribution in [1.29, 1.82) is 0 Å². The SMILES string of the molecule is C=C1C(=O)C[C@H](OC2CCCCO2)[C@H]1C=CC(CCCCC)OC1CCCCO1. The molecule has 3 fully saturated rings. The summed E-state index contributed by atoms with van der Waals surface area (Å²) in [4.78, 5) is 12.3. The number of unbranched alkanes of at least 4 members (excludes halogenated alkanes) is 2. The number of hydrogen-bond donors (Lipinski definition) is 0. The molecule has 2 aliphatic heterocycles. The van der Waals surface area contributed by atoms with Crippen LogP contribution < -0.4 is 0 Å². The van der Waals surface area contributed by atoms with Gasteiger partial charge < -0.3 is 18.9 Å². The van der Waals surface area contributed by atoms with Gasteiger partial charge in [-0.1, -0.05) is 44.9 Å². The van der Waals surface area contributed by atoms with Crippen molar-refractivity contribution >= 4 is 5.78 Å². The fourth-order valence-corrected chi connectivity index (χ4v) is 4.30. The number of Topliss-reactive ketones (excluding diaryl/α,β-unsaturated/α-hetero) is 1. The van der Waals surface area contributed by atoms with Gasteiger partial charge in [0, 0.05) is 25.6 Å². The van der Waals surface area contributed by atoms with Crippen molar-refractivity contribution in [2.45, 2.75) is 102 Å². The first-order valence-corrected chi connectivity index (χ1v) is 11.6. The van der Waals surface area contributed by atoms with E-state index in [4.69, 9.17) is 18.9 Å². The van der Waals surface area contributed by atoms with Crippen molar-refractivity contribution in [2.75, 3.05) is 13.2 Å². The van der Waals surface area contributed by atoms with Crippen molar-refractivity contribution in [3.05, 3.63) is 24.3 Å². The molecule has 0 bridgehead atoms. The first-order valence-electron chi connectivity index (χ1n) is 11.6. The predicted octanol–water partition coefficient (Wildman–Crippen LogP) is 5.09. The van der Waals surface area contributed by atoms with E-state index in [9.17, 15) is 4.79 Å². The second kappa shape index (κ2) is 12.0. The first-order chi connectivity index (χ1) is 14.2. The van der Waals surface area contributed by atoms with Gasteiger partial charge in [-0.05, 0) is 50.5 Å². The molecule has 2 heterocycles. The van der Waals surface area contributed by atoms with Crippen LogP contribution in [0.15, 0.2) is 24.3 Å². The molecule has 0 radical (unpaired) electrons. The minimum absolute atomic E-state index is 0.000248. The summed E-state index contributed by atoms with van der Waals surface area (Å²) in [6.45, 7) is 7.77.